The summed E-state index contributed by atoms with van der Waals surface area (Å²) in [5.74, 6) is -1.78. The van der Waals surface area contributed by atoms with Crippen LogP contribution < -0.4 is 4.72 Å². The molecule has 0 bridgehead atoms. The standard InChI is InChI=1S/C9H13BNO9PS/c12-9(13)8-3-1-2-7(4-8)5-22(18,19)11-6-10(14)20-21(15,16)17/h1-4,11,14H,5-6H2,(H,12,13)(H2,15,16,17). The Balaban J connectivity index is 2.66. The Morgan fingerprint density at radius 2 is 2.00 bits per heavy atom. The number of hydrogen-bond acceptors (Lipinski definition) is 6. The van der Waals surface area contributed by atoms with E-state index in [2.05, 4.69) is 4.44 Å². The van der Waals surface area contributed by atoms with Gasteiger partial charge in [0.1, 0.15) is 0 Å². The molecule has 0 atom stereocenters. The Morgan fingerprint density at radius 3 is 2.55 bits per heavy atom. The molecule has 0 spiro atoms. The Bertz CT molecular complexity index is 688. The number of benzene rings is 1. The fourth-order valence-electron chi connectivity index (χ4n) is 1.46. The average Bonchev–Trinajstić information content (AvgIpc) is 2.34. The maximum Gasteiger partial charge on any atom is 0.478 e. The van der Waals surface area contributed by atoms with Crippen molar-refractivity contribution in [2.75, 3.05) is 6.44 Å². The number of rotatable bonds is 8. The first-order chi connectivity index (χ1) is 9.98. The summed E-state index contributed by atoms with van der Waals surface area (Å²) in [7, 11) is -10.9. The first kappa shape index (κ1) is 18.8. The van der Waals surface area contributed by atoms with E-state index in [0.717, 1.165) is 0 Å². The second kappa shape index (κ2) is 7.33. The van der Waals surface area contributed by atoms with Crippen molar-refractivity contribution in [3.8, 4) is 0 Å². The van der Waals surface area contributed by atoms with Gasteiger partial charge >= 0.3 is 20.9 Å². The van der Waals surface area contributed by atoms with Gasteiger partial charge in [0.05, 0.1) is 11.3 Å². The second-order valence-corrected chi connectivity index (χ2v) is 7.16. The van der Waals surface area contributed by atoms with Gasteiger partial charge in [0.2, 0.25) is 10.0 Å². The molecular formula is C9H13BNO9PS. The van der Waals surface area contributed by atoms with Crippen molar-refractivity contribution < 1.29 is 42.1 Å². The summed E-state index contributed by atoms with van der Waals surface area (Å²) < 4.78 is 39.6. The molecule has 0 radical (unpaired) electrons. The molecule has 0 aliphatic rings. The van der Waals surface area contributed by atoms with Crippen molar-refractivity contribution in [3.05, 3.63) is 35.4 Å². The highest BCUT2D eigenvalue weighted by Gasteiger charge is 2.26. The number of sulfonamides is 1. The SMILES string of the molecule is O=C(O)c1cccc(CS(=O)(=O)NCB(O)OP(=O)(O)O)c1. The second-order valence-electron chi connectivity index (χ2n) is 4.16. The average molecular weight is 353 g/mol. The minimum absolute atomic E-state index is 0.0856. The van der Waals surface area contributed by atoms with Crippen LogP contribution in [0.3, 0.4) is 0 Å². The molecular weight excluding hydrogens is 340 g/mol. The van der Waals surface area contributed by atoms with Crippen molar-refractivity contribution in [1.82, 2.24) is 4.72 Å². The normalized spacial score (nSPS) is 12.1. The topological polar surface area (TPSA) is 170 Å². The van der Waals surface area contributed by atoms with E-state index in [9.17, 15) is 17.8 Å². The van der Waals surface area contributed by atoms with Crippen LogP contribution in [0.25, 0.3) is 0 Å². The van der Waals surface area contributed by atoms with E-state index in [-0.39, 0.29) is 11.1 Å². The predicted octanol–water partition coefficient (Wildman–Crippen LogP) is -1.07. The van der Waals surface area contributed by atoms with Gasteiger partial charge in [-0.2, -0.15) is 0 Å². The van der Waals surface area contributed by atoms with Crippen molar-refractivity contribution in [3.63, 3.8) is 0 Å². The van der Waals surface area contributed by atoms with Gasteiger partial charge < -0.3 is 24.4 Å². The van der Waals surface area contributed by atoms with E-state index in [4.69, 9.17) is 19.9 Å². The molecule has 22 heavy (non-hydrogen) atoms. The third-order valence-electron chi connectivity index (χ3n) is 2.27. The fourth-order valence-corrected chi connectivity index (χ4v) is 2.97. The molecule has 13 heteroatoms. The van der Waals surface area contributed by atoms with Gasteiger partial charge in [-0.3, -0.25) is 0 Å². The van der Waals surface area contributed by atoms with E-state index >= 15 is 0 Å². The largest absolute Gasteiger partial charge is 0.478 e. The van der Waals surface area contributed by atoms with E-state index in [1.807, 2.05) is 4.72 Å². The minimum atomic E-state index is -4.94. The lowest BCUT2D eigenvalue weighted by atomic mass is 9.93. The summed E-state index contributed by atoms with van der Waals surface area (Å²) in [5, 5.41) is 17.9. The number of nitrogens with one attached hydrogen (secondary N) is 1. The van der Waals surface area contributed by atoms with E-state index in [1.165, 1.54) is 24.3 Å². The Hall–Kier alpha value is -1.27. The highest BCUT2D eigenvalue weighted by Crippen LogP contribution is 2.35. The molecule has 1 rings (SSSR count). The number of phosphoric acid groups is 1. The Morgan fingerprint density at radius 1 is 1.36 bits per heavy atom. The predicted molar refractivity (Wildman–Crippen MR) is 75.1 cm³/mol. The monoisotopic (exact) mass is 353 g/mol. The van der Waals surface area contributed by atoms with E-state index in [1.54, 1.807) is 0 Å². The van der Waals surface area contributed by atoms with Crippen LogP contribution >= 0.6 is 7.82 Å². The van der Waals surface area contributed by atoms with E-state index < -0.39 is 43.1 Å². The van der Waals surface area contributed by atoms with Gasteiger partial charge in [-0.15, -0.1) is 0 Å². The number of carboxylic acid groups (broad SMARTS) is 1. The van der Waals surface area contributed by atoms with Crippen LogP contribution in [-0.4, -0.2) is 47.9 Å². The molecule has 5 N–H and O–H groups in total. The lowest BCUT2D eigenvalue weighted by Gasteiger charge is -2.10. The summed E-state index contributed by atoms with van der Waals surface area (Å²) in [5.41, 5.74) is 0.107. The highest BCUT2D eigenvalue weighted by atomic mass is 32.2. The summed E-state index contributed by atoms with van der Waals surface area (Å²) in [6.45, 7) is 0. The van der Waals surface area contributed by atoms with Gasteiger partial charge in [-0.1, -0.05) is 12.1 Å². The van der Waals surface area contributed by atoms with Crippen LogP contribution in [0.1, 0.15) is 15.9 Å². The van der Waals surface area contributed by atoms with Crippen LogP contribution in [0.4, 0.5) is 0 Å². The maximum absolute atomic E-state index is 11.7. The summed E-state index contributed by atoms with van der Waals surface area (Å²) in [6.07, 6.45) is -0.772. The molecule has 1 aromatic rings. The zero-order chi connectivity index (χ0) is 17.0. The number of carboxylic acids is 1. The molecule has 10 nitrogen and oxygen atoms in total. The van der Waals surface area contributed by atoms with Crippen molar-refractivity contribution in [2.24, 2.45) is 0 Å². The molecule has 0 amide bonds. The molecule has 0 heterocycles. The molecule has 0 saturated carbocycles. The summed E-state index contributed by atoms with van der Waals surface area (Å²) in [6, 6.07) is 5.24. The Labute approximate surface area is 126 Å². The lowest BCUT2D eigenvalue weighted by molar-refractivity contribution is 0.0696. The zero-order valence-corrected chi connectivity index (χ0v) is 12.7. The molecule has 0 aliphatic carbocycles. The van der Waals surface area contributed by atoms with Gasteiger partial charge in [0, 0.05) is 6.44 Å². The number of hydrogen-bond donors (Lipinski definition) is 5. The van der Waals surface area contributed by atoms with Gasteiger partial charge in [-0.05, 0) is 17.7 Å². The van der Waals surface area contributed by atoms with Crippen LogP contribution in [-0.2, 0) is 24.8 Å². The molecule has 0 saturated heterocycles. The third-order valence-corrected chi connectivity index (χ3v) is 4.11. The van der Waals surface area contributed by atoms with E-state index in [0.29, 0.717) is 0 Å². The molecule has 122 valence electrons. The quantitative estimate of drug-likeness (QED) is 0.288. The number of carbonyl (C=O) groups is 1. The molecule has 0 aliphatic heterocycles. The smallest absolute Gasteiger partial charge is 0.478 e. The zero-order valence-electron chi connectivity index (χ0n) is 11.0. The third kappa shape index (κ3) is 7.14. The molecule has 0 unspecified atom stereocenters. The van der Waals surface area contributed by atoms with Crippen molar-refractivity contribution in [1.29, 1.82) is 0 Å². The van der Waals surface area contributed by atoms with Gasteiger partial charge in [0.15, 0.2) is 0 Å². The van der Waals surface area contributed by atoms with Gasteiger partial charge in [-0.25, -0.2) is 22.5 Å². The molecule has 0 fully saturated rings. The first-order valence-electron chi connectivity index (χ1n) is 5.70. The fraction of sp³-hybridized carbons (Fsp3) is 0.222. The minimum Gasteiger partial charge on any atom is -0.478 e. The van der Waals surface area contributed by atoms with Crippen molar-refractivity contribution >= 4 is 30.9 Å². The van der Waals surface area contributed by atoms with Crippen LogP contribution in [0, 0.1) is 0 Å². The van der Waals surface area contributed by atoms with Crippen LogP contribution in [0.2, 0.25) is 0 Å². The molecule has 1 aromatic carbocycles. The number of aromatic carboxylic acids is 1. The molecule has 0 aromatic heterocycles. The summed E-state index contributed by atoms with van der Waals surface area (Å²) in [4.78, 5) is 27.6. The maximum atomic E-state index is 11.7. The van der Waals surface area contributed by atoms with Crippen LogP contribution in [0.5, 0.6) is 0 Å². The Kier molecular flexibility index (Phi) is 6.26. The van der Waals surface area contributed by atoms with Crippen LogP contribution in [0.15, 0.2) is 24.3 Å². The summed E-state index contributed by atoms with van der Waals surface area (Å²) >= 11 is 0. The first-order valence-corrected chi connectivity index (χ1v) is 8.88. The lowest BCUT2D eigenvalue weighted by Crippen LogP contribution is -2.37. The highest BCUT2D eigenvalue weighted by molar-refractivity contribution is 7.88. The van der Waals surface area contributed by atoms with Gasteiger partial charge in [0.25, 0.3) is 0 Å². The van der Waals surface area contributed by atoms with Crippen molar-refractivity contribution in [2.45, 2.75) is 5.75 Å².